The van der Waals surface area contributed by atoms with Crippen LogP contribution < -0.4 is 4.90 Å². The van der Waals surface area contributed by atoms with E-state index in [0.717, 1.165) is 0 Å². The fraction of sp³-hybridized carbons (Fsp3) is 0.560. The van der Waals surface area contributed by atoms with E-state index in [4.69, 9.17) is 11.6 Å². The minimum atomic E-state index is -1.03. The average Bonchev–Trinajstić information content (AvgIpc) is 3.39. The smallest absolute Gasteiger partial charge is 0.308 e. The minimum absolute atomic E-state index is 0.140. The lowest BCUT2D eigenvalue weighted by Crippen LogP contribution is -2.58. The van der Waals surface area contributed by atoms with Crippen LogP contribution in [-0.2, 0) is 14.4 Å². The number of hydrogen-bond acceptors (Lipinski definition) is 5. The molecular formula is C25H30BrClN2O5S. The first-order valence-corrected chi connectivity index (χ1v) is 13.9. The molecule has 190 valence electrons. The fourth-order valence-corrected chi connectivity index (χ4v) is 9.92. The number of aliphatic carboxylic acids is 1. The van der Waals surface area contributed by atoms with Crippen molar-refractivity contribution in [1.29, 1.82) is 0 Å². The van der Waals surface area contributed by atoms with Gasteiger partial charge in [0, 0.05) is 16.6 Å². The number of benzene rings is 1. The van der Waals surface area contributed by atoms with Crippen molar-refractivity contribution in [3.63, 3.8) is 0 Å². The molecule has 2 amide bonds. The first-order valence-electron chi connectivity index (χ1n) is 11.7. The number of para-hydroxylation sites is 1. The molecule has 7 atom stereocenters. The van der Waals surface area contributed by atoms with Crippen molar-refractivity contribution in [3.8, 4) is 0 Å². The maximum Gasteiger partial charge on any atom is 0.308 e. The Morgan fingerprint density at radius 2 is 2.09 bits per heavy atom. The molecule has 0 aliphatic carbocycles. The monoisotopic (exact) mass is 584 g/mol. The van der Waals surface area contributed by atoms with Crippen LogP contribution in [0.5, 0.6) is 0 Å². The van der Waals surface area contributed by atoms with E-state index >= 15 is 0 Å². The molecule has 2 N–H and O–H groups in total. The molecule has 35 heavy (non-hydrogen) atoms. The van der Waals surface area contributed by atoms with Gasteiger partial charge in [-0.15, -0.1) is 18.3 Å². The van der Waals surface area contributed by atoms with Crippen LogP contribution in [0.2, 0.25) is 5.02 Å². The summed E-state index contributed by atoms with van der Waals surface area (Å²) >= 11 is 11.6. The number of thioether (sulfide) groups is 1. The van der Waals surface area contributed by atoms with Crippen LogP contribution in [0.25, 0.3) is 0 Å². The van der Waals surface area contributed by atoms with E-state index in [9.17, 15) is 24.6 Å². The number of amides is 2. The van der Waals surface area contributed by atoms with Gasteiger partial charge in [0.15, 0.2) is 0 Å². The number of aliphatic hydroxyl groups excluding tert-OH is 1. The van der Waals surface area contributed by atoms with E-state index in [1.165, 1.54) is 21.6 Å². The van der Waals surface area contributed by atoms with Crippen LogP contribution in [-0.4, -0.2) is 73.0 Å². The number of carbonyl (C=O) groups is 3. The highest BCUT2D eigenvalue weighted by Crippen LogP contribution is 2.68. The molecule has 10 heteroatoms. The van der Waals surface area contributed by atoms with Gasteiger partial charge in [-0.05, 0) is 30.9 Å². The molecule has 3 fully saturated rings. The normalized spacial score (nSPS) is 32.1. The van der Waals surface area contributed by atoms with Gasteiger partial charge in [-0.1, -0.05) is 59.6 Å². The summed E-state index contributed by atoms with van der Waals surface area (Å²) in [5.74, 6) is -3.31. The quantitative estimate of drug-likeness (QED) is 0.338. The van der Waals surface area contributed by atoms with Crippen LogP contribution in [0.4, 0.5) is 5.69 Å². The molecule has 3 aliphatic heterocycles. The predicted molar refractivity (Wildman–Crippen MR) is 141 cm³/mol. The van der Waals surface area contributed by atoms with E-state index in [0.29, 0.717) is 23.6 Å². The Morgan fingerprint density at radius 1 is 1.40 bits per heavy atom. The average molecular weight is 586 g/mol. The van der Waals surface area contributed by atoms with Crippen molar-refractivity contribution < 1.29 is 24.6 Å². The van der Waals surface area contributed by atoms with E-state index in [1.54, 1.807) is 30.3 Å². The number of carboxylic acids is 1. The fourth-order valence-electron chi connectivity index (χ4n) is 6.10. The van der Waals surface area contributed by atoms with E-state index in [2.05, 4.69) is 22.5 Å². The molecule has 2 bridgehead atoms. The lowest BCUT2D eigenvalue weighted by atomic mass is 9.71. The van der Waals surface area contributed by atoms with Crippen molar-refractivity contribution in [1.82, 2.24) is 4.90 Å². The standard InChI is InChI=1S/C25H30BrClN2O5S/c1-4-9-28(17-8-6-5-7-16(17)27)23(32)21-25-11-15(26)20(35-25)18(24(33)34)19(25)22(31)29(21)14(12-30)10-13(2)3/h4-8,13-15,18-21,30H,1,9-12H2,2-3H3,(H,33,34)/t14-,15?,18+,19+,20+,21?,25?/m1/s1. The van der Waals surface area contributed by atoms with Gasteiger partial charge in [0.25, 0.3) is 5.91 Å². The van der Waals surface area contributed by atoms with Crippen LogP contribution in [0.15, 0.2) is 36.9 Å². The maximum atomic E-state index is 14.4. The lowest BCUT2D eigenvalue weighted by Gasteiger charge is -2.40. The number of fused-ring (bicyclic) bond motifs is 1. The van der Waals surface area contributed by atoms with Crippen molar-refractivity contribution in [2.45, 2.75) is 53.6 Å². The minimum Gasteiger partial charge on any atom is -0.481 e. The molecule has 0 aromatic heterocycles. The Balaban J connectivity index is 1.87. The zero-order chi connectivity index (χ0) is 25.7. The highest BCUT2D eigenvalue weighted by Gasteiger charge is 2.76. The number of likely N-dealkylation sites (tertiary alicyclic amines) is 1. The number of halogens is 2. The number of carboxylic acid groups (broad SMARTS) is 1. The van der Waals surface area contributed by atoms with Crippen molar-refractivity contribution in [3.05, 3.63) is 41.9 Å². The second-order valence-corrected chi connectivity index (χ2v) is 13.0. The Bertz CT molecular complexity index is 1040. The van der Waals surface area contributed by atoms with Crippen LogP contribution in [0.3, 0.4) is 0 Å². The highest BCUT2D eigenvalue weighted by molar-refractivity contribution is 9.09. The molecule has 1 spiro atoms. The summed E-state index contributed by atoms with van der Waals surface area (Å²) in [5.41, 5.74) is 0.499. The third-order valence-electron chi connectivity index (χ3n) is 7.31. The number of nitrogens with zero attached hydrogens (tertiary/aromatic N) is 2. The third-order valence-corrected chi connectivity index (χ3v) is 10.9. The molecule has 3 aliphatic rings. The number of aliphatic hydroxyl groups is 1. The SMILES string of the molecule is C=CCN(C(=O)C1N([C@@H](CO)CC(C)C)C(=O)[C@@H]2[C@H](C(=O)O)[C@H]3SC12CC3Br)c1ccccc1Cl. The Labute approximate surface area is 223 Å². The van der Waals surface area contributed by atoms with Crippen LogP contribution >= 0.6 is 39.3 Å². The molecule has 1 aromatic rings. The van der Waals surface area contributed by atoms with Gasteiger partial charge >= 0.3 is 5.97 Å². The summed E-state index contributed by atoms with van der Waals surface area (Å²) in [6.07, 6.45) is 2.58. The number of carbonyl (C=O) groups excluding carboxylic acids is 2. The summed E-state index contributed by atoms with van der Waals surface area (Å²) in [6, 6.07) is 5.45. The van der Waals surface area contributed by atoms with Gasteiger partial charge in [-0.3, -0.25) is 14.4 Å². The van der Waals surface area contributed by atoms with Crippen molar-refractivity contribution >= 4 is 62.8 Å². The summed E-state index contributed by atoms with van der Waals surface area (Å²) in [5, 5.41) is 20.5. The van der Waals surface area contributed by atoms with Gasteiger partial charge in [0.2, 0.25) is 5.91 Å². The Hall–Kier alpha value is -1.55. The third kappa shape index (κ3) is 4.22. The van der Waals surface area contributed by atoms with E-state index in [-0.39, 0.29) is 41.0 Å². The zero-order valence-corrected chi connectivity index (χ0v) is 22.8. The molecule has 4 rings (SSSR count). The van der Waals surface area contributed by atoms with E-state index in [1.807, 2.05) is 13.8 Å². The lowest BCUT2D eigenvalue weighted by molar-refractivity contribution is -0.149. The maximum absolute atomic E-state index is 14.4. The zero-order valence-electron chi connectivity index (χ0n) is 19.6. The van der Waals surface area contributed by atoms with Gasteiger partial charge in [0.05, 0.1) is 39.9 Å². The van der Waals surface area contributed by atoms with Gasteiger partial charge in [0.1, 0.15) is 6.04 Å². The molecule has 0 radical (unpaired) electrons. The molecule has 0 saturated carbocycles. The summed E-state index contributed by atoms with van der Waals surface area (Å²) in [4.78, 5) is 43.6. The van der Waals surface area contributed by atoms with Crippen molar-refractivity contribution in [2.75, 3.05) is 18.1 Å². The Kier molecular flexibility index (Phi) is 7.63. The molecule has 1 aromatic carbocycles. The number of alkyl halides is 1. The molecule has 7 nitrogen and oxygen atoms in total. The summed E-state index contributed by atoms with van der Waals surface area (Å²) in [6.45, 7) is 7.64. The number of hydrogen-bond donors (Lipinski definition) is 2. The van der Waals surface area contributed by atoms with Gasteiger partial charge < -0.3 is 20.0 Å². The molecule has 3 unspecified atom stereocenters. The molecular weight excluding hydrogens is 556 g/mol. The molecule has 3 saturated heterocycles. The largest absolute Gasteiger partial charge is 0.481 e. The predicted octanol–water partition coefficient (Wildman–Crippen LogP) is 3.82. The number of anilines is 1. The number of rotatable bonds is 9. The molecule has 3 heterocycles. The first kappa shape index (κ1) is 26.5. The topological polar surface area (TPSA) is 98.2 Å². The summed E-state index contributed by atoms with van der Waals surface area (Å²) < 4.78 is -0.916. The summed E-state index contributed by atoms with van der Waals surface area (Å²) in [7, 11) is 0. The van der Waals surface area contributed by atoms with Crippen molar-refractivity contribution in [2.24, 2.45) is 17.8 Å². The Morgan fingerprint density at radius 3 is 2.66 bits per heavy atom. The van der Waals surface area contributed by atoms with Crippen LogP contribution in [0, 0.1) is 17.8 Å². The first-order chi connectivity index (χ1) is 16.6. The second kappa shape index (κ2) is 10.1. The van der Waals surface area contributed by atoms with Gasteiger partial charge in [-0.2, -0.15) is 0 Å². The highest BCUT2D eigenvalue weighted by atomic mass is 79.9. The van der Waals surface area contributed by atoms with Gasteiger partial charge in [-0.25, -0.2) is 0 Å². The van der Waals surface area contributed by atoms with Crippen LogP contribution in [0.1, 0.15) is 26.7 Å². The second-order valence-electron chi connectivity index (χ2n) is 9.90. The van der Waals surface area contributed by atoms with E-state index < -0.39 is 34.6 Å².